The quantitative estimate of drug-likeness (QED) is 0.164. The van der Waals surface area contributed by atoms with Crippen LogP contribution in [0.3, 0.4) is 0 Å². The van der Waals surface area contributed by atoms with E-state index in [0.29, 0.717) is 0 Å². The number of hydrogen-bond donors (Lipinski definition) is 0. The van der Waals surface area contributed by atoms with E-state index in [2.05, 4.69) is 238 Å². The van der Waals surface area contributed by atoms with Crippen LogP contribution in [0, 0.1) is 6.92 Å². The number of benzene rings is 9. The molecule has 0 atom stereocenters. The molecule has 1 aromatic heterocycles. The SMILES string of the molecule is Cc1nc2ccccc2n1-c1cccc(-c2ccc3c(c2)C(c2ccccc2)(c2ccccc2)c2cc4c(cc2-3)C(C)(C)c2cc(-c3cccc(-c5ccccc5)c3)ccc2-4)c1. The van der Waals surface area contributed by atoms with E-state index in [0.717, 1.165) is 22.5 Å². The smallest absolute Gasteiger partial charge is 0.111 e. The van der Waals surface area contributed by atoms with Gasteiger partial charge in [0.25, 0.3) is 0 Å². The molecule has 0 saturated carbocycles. The van der Waals surface area contributed by atoms with Gasteiger partial charge in [0.2, 0.25) is 0 Å². The molecule has 294 valence electrons. The second-order valence-electron chi connectivity index (χ2n) is 17.6. The van der Waals surface area contributed by atoms with Crippen molar-refractivity contribution in [1.82, 2.24) is 9.55 Å². The molecule has 0 fully saturated rings. The lowest BCUT2D eigenvalue weighted by Crippen LogP contribution is -2.28. The third-order valence-corrected chi connectivity index (χ3v) is 13.8. The van der Waals surface area contributed by atoms with Gasteiger partial charge >= 0.3 is 0 Å². The van der Waals surface area contributed by atoms with Gasteiger partial charge in [0.05, 0.1) is 16.4 Å². The van der Waals surface area contributed by atoms with E-state index in [4.69, 9.17) is 4.98 Å². The van der Waals surface area contributed by atoms with E-state index in [9.17, 15) is 0 Å². The van der Waals surface area contributed by atoms with Gasteiger partial charge in [0.15, 0.2) is 0 Å². The molecule has 2 aliphatic rings. The Morgan fingerprint density at radius 3 is 1.53 bits per heavy atom. The molecule has 12 rings (SSSR count). The predicted molar refractivity (Wildman–Crippen MR) is 257 cm³/mol. The summed E-state index contributed by atoms with van der Waals surface area (Å²) >= 11 is 0. The van der Waals surface area contributed by atoms with Crippen molar-refractivity contribution in [2.24, 2.45) is 0 Å². The van der Waals surface area contributed by atoms with Crippen molar-refractivity contribution in [3.63, 3.8) is 0 Å². The van der Waals surface area contributed by atoms with Gasteiger partial charge < -0.3 is 0 Å². The van der Waals surface area contributed by atoms with E-state index in [1.165, 1.54) is 89.0 Å². The summed E-state index contributed by atoms with van der Waals surface area (Å²) in [5.74, 6) is 0.978. The maximum Gasteiger partial charge on any atom is 0.111 e. The Balaban J connectivity index is 1.05. The largest absolute Gasteiger partial charge is 0.297 e. The van der Waals surface area contributed by atoms with Gasteiger partial charge in [0, 0.05) is 11.1 Å². The molecule has 0 bridgehead atoms. The van der Waals surface area contributed by atoms with Gasteiger partial charge in [-0.25, -0.2) is 4.98 Å². The highest BCUT2D eigenvalue weighted by atomic mass is 15.1. The first-order valence-corrected chi connectivity index (χ1v) is 21.7. The molecule has 0 N–H and O–H groups in total. The van der Waals surface area contributed by atoms with Crippen LogP contribution in [0.5, 0.6) is 0 Å². The first-order valence-electron chi connectivity index (χ1n) is 21.7. The van der Waals surface area contributed by atoms with Crippen molar-refractivity contribution in [1.29, 1.82) is 0 Å². The molecule has 0 unspecified atom stereocenters. The summed E-state index contributed by atoms with van der Waals surface area (Å²) in [5, 5.41) is 0. The molecule has 2 aliphatic carbocycles. The van der Waals surface area contributed by atoms with Crippen molar-refractivity contribution < 1.29 is 0 Å². The number of imidazole rings is 1. The maximum absolute atomic E-state index is 4.89. The molecule has 0 amide bonds. The normalized spacial score (nSPS) is 14.0. The predicted octanol–water partition coefficient (Wildman–Crippen LogP) is 15.0. The second-order valence-corrected chi connectivity index (χ2v) is 17.6. The Kier molecular flexibility index (Phi) is 8.05. The molecule has 0 spiro atoms. The fraction of sp³-hybridized carbons (Fsp3) is 0.0833. The van der Waals surface area contributed by atoms with Gasteiger partial charge in [0.1, 0.15) is 5.82 Å². The molecule has 0 aliphatic heterocycles. The van der Waals surface area contributed by atoms with E-state index in [-0.39, 0.29) is 5.41 Å². The summed E-state index contributed by atoms with van der Waals surface area (Å²) in [7, 11) is 0. The van der Waals surface area contributed by atoms with Crippen LogP contribution in [0.25, 0.3) is 72.4 Å². The second kappa shape index (κ2) is 13.7. The number of hydrogen-bond acceptors (Lipinski definition) is 1. The Labute approximate surface area is 363 Å². The van der Waals surface area contributed by atoms with Crippen LogP contribution in [-0.4, -0.2) is 9.55 Å². The van der Waals surface area contributed by atoms with Crippen LogP contribution in [0.15, 0.2) is 212 Å². The molecule has 0 radical (unpaired) electrons. The van der Waals surface area contributed by atoms with Crippen LogP contribution in [0.1, 0.15) is 53.1 Å². The van der Waals surface area contributed by atoms with Crippen LogP contribution in [-0.2, 0) is 10.8 Å². The minimum atomic E-state index is -0.544. The van der Waals surface area contributed by atoms with Crippen molar-refractivity contribution in [2.45, 2.75) is 31.6 Å². The zero-order valence-corrected chi connectivity index (χ0v) is 35.1. The number of fused-ring (bicyclic) bond motifs is 7. The lowest BCUT2D eigenvalue weighted by Gasteiger charge is -2.34. The number of nitrogens with zero attached hydrogens (tertiary/aromatic N) is 2. The average molecular weight is 793 g/mol. The Morgan fingerprint density at radius 1 is 0.371 bits per heavy atom. The van der Waals surface area contributed by atoms with Gasteiger partial charge in [-0.05, 0) is 151 Å². The first kappa shape index (κ1) is 36.3. The average Bonchev–Trinajstić information content (AvgIpc) is 3.90. The molecule has 62 heavy (non-hydrogen) atoms. The van der Waals surface area contributed by atoms with Crippen molar-refractivity contribution in [3.8, 4) is 61.3 Å². The lowest BCUT2D eigenvalue weighted by atomic mass is 9.67. The zero-order chi connectivity index (χ0) is 41.6. The minimum absolute atomic E-state index is 0.201. The molecule has 1 heterocycles. The maximum atomic E-state index is 4.89. The first-order chi connectivity index (χ1) is 30.4. The van der Waals surface area contributed by atoms with E-state index in [1.807, 2.05) is 0 Å². The zero-order valence-electron chi connectivity index (χ0n) is 35.1. The van der Waals surface area contributed by atoms with Gasteiger partial charge in [-0.15, -0.1) is 0 Å². The van der Waals surface area contributed by atoms with Gasteiger partial charge in [-0.2, -0.15) is 0 Å². The number of aryl methyl sites for hydroxylation is 1. The molecule has 2 nitrogen and oxygen atoms in total. The fourth-order valence-electron chi connectivity index (χ4n) is 10.9. The Morgan fingerprint density at radius 2 is 0.839 bits per heavy atom. The monoisotopic (exact) mass is 792 g/mol. The summed E-state index contributed by atoms with van der Waals surface area (Å²) in [6.45, 7) is 6.91. The van der Waals surface area contributed by atoms with E-state index < -0.39 is 5.41 Å². The third kappa shape index (κ3) is 5.33. The van der Waals surface area contributed by atoms with Crippen molar-refractivity contribution in [3.05, 3.63) is 252 Å². The summed E-state index contributed by atoms with van der Waals surface area (Å²) < 4.78 is 2.27. The molecular formula is C60H44N2. The molecule has 10 aromatic rings. The summed E-state index contributed by atoms with van der Waals surface area (Å²) in [5.41, 5.74) is 23.0. The van der Waals surface area contributed by atoms with Crippen molar-refractivity contribution in [2.75, 3.05) is 0 Å². The third-order valence-electron chi connectivity index (χ3n) is 13.8. The van der Waals surface area contributed by atoms with Gasteiger partial charge in [-0.3, -0.25) is 4.57 Å². The number of para-hydroxylation sites is 2. The topological polar surface area (TPSA) is 17.8 Å². The van der Waals surface area contributed by atoms with Gasteiger partial charge in [-0.1, -0.05) is 172 Å². The molecule has 2 heteroatoms. The number of rotatable bonds is 6. The van der Waals surface area contributed by atoms with Crippen LogP contribution >= 0.6 is 0 Å². The van der Waals surface area contributed by atoms with Crippen molar-refractivity contribution >= 4 is 11.0 Å². The Bertz CT molecular complexity index is 3330. The highest BCUT2D eigenvalue weighted by Crippen LogP contribution is 2.60. The van der Waals surface area contributed by atoms with E-state index >= 15 is 0 Å². The Hall–Kier alpha value is -7.55. The molecular weight excluding hydrogens is 749 g/mol. The minimum Gasteiger partial charge on any atom is -0.297 e. The summed E-state index contributed by atoms with van der Waals surface area (Å²) in [6.07, 6.45) is 0. The van der Waals surface area contributed by atoms with E-state index in [1.54, 1.807) is 0 Å². The van der Waals surface area contributed by atoms with Crippen LogP contribution in [0.4, 0.5) is 0 Å². The highest BCUT2D eigenvalue weighted by molar-refractivity contribution is 5.94. The van der Waals surface area contributed by atoms with Crippen LogP contribution < -0.4 is 0 Å². The lowest BCUT2D eigenvalue weighted by molar-refractivity contribution is 0.660. The summed E-state index contributed by atoms with van der Waals surface area (Å²) in [4.78, 5) is 4.89. The molecule has 9 aromatic carbocycles. The number of aromatic nitrogens is 2. The van der Waals surface area contributed by atoms with Crippen LogP contribution in [0.2, 0.25) is 0 Å². The highest BCUT2D eigenvalue weighted by Gasteiger charge is 2.48. The molecule has 0 saturated heterocycles. The summed E-state index contributed by atoms with van der Waals surface area (Å²) in [6, 6.07) is 78.8. The fourth-order valence-corrected chi connectivity index (χ4v) is 10.9. The standard InChI is InChI=1S/C60H44N2/c1-39-61-57-27-13-14-28-58(57)62(39)48-26-16-21-43(34-48)45-30-32-50-52-37-54-51(38-56(52)60(55(50)36-45,46-22-9-5-10-23-46)47-24-11-6-12-25-47)49-31-29-44(35-53(49)59(54,2)3)42-20-15-19-41(33-42)40-17-7-4-8-18-40/h4-38H,1-3H3.